The fourth-order valence-corrected chi connectivity index (χ4v) is 3.13. The third kappa shape index (κ3) is 2.93. The molecule has 20 heavy (non-hydrogen) atoms. The van der Waals surface area contributed by atoms with Crippen molar-refractivity contribution in [3.05, 3.63) is 24.2 Å². The van der Waals surface area contributed by atoms with Crippen LogP contribution in [0.25, 0.3) is 11.5 Å². The first-order valence-electron chi connectivity index (χ1n) is 7.56. The van der Waals surface area contributed by atoms with Crippen LogP contribution < -0.4 is 5.32 Å². The monoisotopic (exact) mass is 274 g/mol. The van der Waals surface area contributed by atoms with Crippen LogP contribution in [0.4, 0.5) is 0 Å². The lowest BCUT2D eigenvalue weighted by molar-refractivity contribution is 0.311. The molecule has 1 saturated carbocycles. The summed E-state index contributed by atoms with van der Waals surface area (Å²) in [5, 5.41) is 7.63. The SMILES string of the molecule is CCNC(Cc1nc(-c2ccc[nH]2)no1)C1CCCC1. The molecule has 0 bridgehead atoms. The summed E-state index contributed by atoms with van der Waals surface area (Å²) in [5.74, 6) is 2.12. The van der Waals surface area contributed by atoms with Crippen molar-refractivity contribution in [2.45, 2.75) is 45.1 Å². The summed E-state index contributed by atoms with van der Waals surface area (Å²) < 4.78 is 5.40. The van der Waals surface area contributed by atoms with Crippen molar-refractivity contribution in [2.24, 2.45) is 5.92 Å². The molecule has 0 saturated heterocycles. The van der Waals surface area contributed by atoms with E-state index in [0.717, 1.165) is 30.5 Å². The minimum Gasteiger partial charge on any atom is -0.359 e. The molecule has 0 radical (unpaired) electrons. The van der Waals surface area contributed by atoms with Crippen molar-refractivity contribution in [1.29, 1.82) is 0 Å². The van der Waals surface area contributed by atoms with Crippen LogP contribution in [-0.2, 0) is 6.42 Å². The van der Waals surface area contributed by atoms with Crippen LogP contribution in [-0.4, -0.2) is 27.7 Å². The zero-order valence-electron chi connectivity index (χ0n) is 11.9. The Kier molecular flexibility index (Phi) is 4.16. The molecule has 1 fully saturated rings. The van der Waals surface area contributed by atoms with Gasteiger partial charge < -0.3 is 14.8 Å². The highest BCUT2D eigenvalue weighted by molar-refractivity contribution is 5.47. The summed E-state index contributed by atoms with van der Waals surface area (Å²) in [7, 11) is 0. The number of hydrogen-bond acceptors (Lipinski definition) is 4. The van der Waals surface area contributed by atoms with Gasteiger partial charge in [-0.25, -0.2) is 0 Å². The molecule has 0 amide bonds. The number of likely N-dealkylation sites (N-methyl/N-ethyl adjacent to an activating group) is 1. The number of aromatic amines is 1. The minimum atomic E-state index is 0.458. The van der Waals surface area contributed by atoms with Gasteiger partial charge in [-0.1, -0.05) is 24.9 Å². The fourth-order valence-electron chi connectivity index (χ4n) is 3.13. The lowest BCUT2D eigenvalue weighted by Gasteiger charge is -2.22. The van der Waals surface area contributed by atoms with Crippen molar-refractivity contribution >= 4 is 0 Å². The van der Waals surface area contributed by atoms with Crippen LogP contribution >= 0.6 is 0 Å². The predicted molar refractivity (Wildman–Crippen MR) is 77.2 cm³/mol. The number of rotatable bonds is 6. The maximum atomic E-state index is 5.40. The lowest BCUT2D eigenvalue weighted by Crippen LogP contribution is -2.37. The molecule has 0 spiro atoms. The van der Waals surface area contributed by atoms with Gasteiger partial charge in [0.25, 0.3) is 0 Å². The molecule has 1 atom stereocenters. The van der Waals surface area contributed by atoms with Crippen molar-refractivity contribution < 1.29 is 4.52 Å². The van der Waals surface area contributed by atoms with Gasteiger partial charge in [-0.2, -0.15) is 4.98 Å². The molecule has 5 nitrogen and oxygen atoms in total. The first-order chi connectivity index (χ1) is 9.86. The van der Waals surface area contributed by atoms with Crippen LogP contribution in [0.5, 0.6) is 0 Å². The van der Waals surface area contributed by atoms with Gasteiger partial charge in [0.2, 0.25) is 11.7 Å². The quantitative estimate of drug-likeness (QED) is 0.850. The summed E-state index contributed by atoms with van der Waals surface area (Å²) in [4.78, 5) is 7.60. The van der Waals surface area contributed by atoms with E-state index in [0.29, 0.717) is 11.9 Å². The summed E-state index contributed by atoms with van der Waals surface area (Å²) in [6.45, 7) is 3.14. The van der Waals surface area contributed by atoms with E-state index in [2.05, 4.69) is 27.4 Å². The number of nitrogens with one attached hydrogen (secondary N) is 2. The molecule has 108 valence electrons. The van der Waals surface area contributed by atoms with Crippen molar-refractivity contribution in [3.8, 4) is 11.5 Å². The molecule has 0 aromatic carbocycles. The van der Waals surface area contributed by atoms with Crippen LogP contribution in [0.1, 0.15) is 38.5 Å². The second-order valence-corrected chi connectivity index (χ2v) is 5.51. The van der Waals surface area contributed by atoms with Crippen LogP contribution in [0.3, 0.4) is 0 Å². The van der Waals surface area contributed by atoms with Gasteiger partial charge in [-0.3, -0.25) is 0 Å². The van der Waals surface area contributed by atoms with Gasteiger partial charge in [-0.05, 0) is 37.4 Å². The standard InChI is InChI=1S/C15H22N4O/c1-2-16-13(11-6-3-4-7-11)10-14-18-15(19-20-14)12-8-5-9-17-12/h5,8-9,11,13,16-17H,2-4,6-7,10H2,1H3. The molecule has 2 aromatic heterocycles. The second-order valence-electron chi connectivity index (χ2n) is 5.51. The molecule has 2 heterocycles. The van der Waals surface area contributed by atoms with Crippen LogP contribution in [0.15, 0.2) is 22.9 Å². The molecule has 1 aliphatic carbocycles. The van der Waals surface area contributed by atoms with Gasteiger partial charge in [0.1, 0.15) is 0 Å². The zero-order chi connectivity index (χ0) is 13.8. The fraction of sp³-hybridized carbons (Fsp3) is 0.600. The van der Waals surface area contributed by atoms with Crippen molar-refractivity contribution in [3.63, 3.8) is 0 Å². The average molecular weight is 274 g/mol. The third-order valence-corrected chi connectivity index (χ3v) is 4.14. The van der Waals surface area contributed by atoms with E-state index in [1.807, 2.05) is 18.3 Å². The van der Waals surface area contributed by atoms with E-state index < -0.39 is 0 Å². The Labute approximate surface area is 119 Å². The maximum absolute atomic E-state index is 5.40. The second kappa shape index (κ2) is 6.22. The lowest BCUT2D eigenvalue weighted by atomic mass is 9.95. The summed E-state index contributed by atoms with van der Waals surface area (Å²) in [5.41, 5.74) is 0.904. The smallest absolute Gasteiger partial charge is 0.228 e. The highest BCUT2D eigenvalue weighted by Gasteiger charge is 2.26. The normalized spacial score (nSPS) is 17.6. The Hall–Kier alpha value is -1.62. The molecule has 0 aliphatic heterocycles. The molecule has 3 rings (SSSR count). The van der Waals surface area contributed by atoms with Crippen molar-refractivity contribution in [2.75, 3.05) is 6.54 Å². The minimum absolute atomic E-state index is 0.458. The third-order valence-electron chi connectivity index (χ3n) is 4.14. The first-order valence-corrected chi connectivity index (χ1v) is 7.56. The largest absolute Gasteiger partial charge is 0.359 e. The van der Waals surface area contributed by atoms with E-state index >= 15 is 0 Å². The Balaban J connectivity index is 1.68. The summed E-state index contributed by atoms with van der Waals surface area (Å²) >= 11 is 0. The van der Waals surface area contributed by atoms with Gasteiger partial charge >= 0.3 is 0 Å². The summed E-state index contributed by atoms with van der Waals surface area (Å²) in [6, 6.07) is 4.35. The van der Waals surface area contributed by atoms with Gasteiger partial charge in [0.15, 0.2) is 0 Å². The van der Waals surface area contributed by atoms with E-state index in [4.69, 9.17) is 4.52 Å². The highest BCUT2D eigenvalue weighted by Crippen LogP contribution is 2.29. The molecular formula is C15H22N4O. The molecular weight excluding hydrogens is 252 g/mol. The van der Waals surface area contributed by atoms with E-state index in [1.54, 1.807) is 0 Å². The summed E-state index contributed by atoms with van der Waals surface area (Å²) in [6.07, 6.45) is 8.02. The molecule has 2 aromatic rings. The number of nitrogens with zero attached hydrogens (tertiary/aromatic N) is 2. The number of aromatic nitrogens is 3. The van der Waals surface area contributed by atoms with Gasteiger partial charge in [0, 0.05) is 18.7 Å². The molecule has 1 aliphatic rings. The van der Waals surface area contributed by atoms with Crippen LogP contribution in [0.2, 0.25) is 0 Å². The van der Waals surface area contributed by atoms with E-state index in [-0.39, 0.29) is 0 Å². The predicted octanol–water partition coefficient (Wildman–Crippen LogP) is 2.78. The zero-order valence-corrected chi connectivity index (χ0v) is 11.9. The Bertz CT molecular complexity index is 514. The number of H-pyrrole nitrogens is 1. The van der Waals surface area contributed by atoms with Gasteiger partial charge in [-0.15, -0.1) is 0 Å². The Morgan fingerprint density at radius 1 is 1.45 bits per heavy atom. The Morgan fingerprint density at radius 3 is 3.00 bits per heavy atom. The molecule has 5 heteroatoms. The number of hydrogen-bond donors (Lipinski definition) is 2. The molecule has 1 unspecified atom stereocenters. The first kappa shape index (κ1) is 13.4. The van der Waals surface area contributed by atoms with E-state index in [1.165, 1.54) is 25.7 Å². The van der Waals surface area contributed by atoms with Crippen molar-refractivity contribution in [1.82, 2.24) is 20.4 Å². The average Bonchev–Trinajstić information content (AvgIpc) is 3.20. The Morgan fingerprint density at radius 2 is 2.30 bits per heavy atom. The topological polar surface area (TPSA) is 66.7 Å². The highest BCUT2D eigenvalue weighted by atomic mass is 16.5. The van der Waals surface area contributed by atoms with E-state index in [9.17, 15) is 0 Å². The molecule has 2 N–H and O–H groups in total. The van der Waals surface area contributed by atoms with Crippen LogP contribution in [0, 0.1) is 5.92 Å². The van der Waals surface area contributed by atoms with Gasteiger partial charge in [0.05, 0.1) is 5.69 Å². The maximum Gasteiger partial charge on any atom is 0.228 e.